The Labute approximate surface area is 172 Å². The maximum Gasteiger partial charge on any atom is 0.303 e. The van der Waals surface area contributed by atoms with Gasteiger partial charge >= 0.3 is 29.8 Å². The second-order valence-corrected chi connectivity index (χ2v) is 6.69. The van der Waals surface area contributed by atoms with Crippen LogP contribution < -0.4 is 5.32 Å². The van der Waals surface area contributed by atoms with Gasteiger partial charge in [0.1, 0.15) is 12.6 Å². The molecular formula is C18H25NO11. The Balaban J connectivity index is 3.74. The lowest BCUT2D eigenvalue weighted by atomic mass is 9.94. The molecule has 1 aliphatic rings. The van der Waals surface area contributed by atoms with Crippen molar-refractivity contribution in [2.45, 2.75) is 71.5 Å². The molecule has 0 unspecified atom stereocenters. The van der Waals surface area contributed by atoms with E-state index >= 15 is 0 Å². The van der Waals surface area contributed by atoms with Crippen molar-refractivity contribution in [3.05, 3.63) is 0 Å². The Kier molecular flexibility index (Phi) is 8.31. The molecule has 0 radical (unpaired) electrons. The van der Waals surface area contributed by atoms with Crippen LogP contribution in [0.15, 0.2) is 0 Å². The second kappa shape index (κ2) is 10.0. The predicted octanol–water partition coefficient (Wildman–Crippen LogP) is -0.835. The highest BCUT2D eigenvalue weighted by molar-refractivity contribution is 5.75. The summed E-state index contributed by atoms with van der Waals surface area (Å²) >= 11 is 0. The third-order valence-corrected chi connectivity index (χ3v) is 4.05. The number of rotatable bonds is 7. The number of hydrogen-bond acceptors (Lipinski definition) is 11. The van der Waals surface area contributed by atoms with Crippen LogP contribution >= 0.6 is 0 Å². The molecule has 0 aromatic rings. The van der Waals surface area contributed by atoms with Crippen LogP contribution in [0.4, 0.5) is 0 Å². The average Bonchev–Trinajstić information content (AvgIpc) is 2.75. The van der Waals surface area contributed by atoms with Crippen molar-refractivity contribution in [3.63, 3.8) is 0 Å². The number of ether oxygens (including phenoxy) is 5. The maximum atomic E-state index is 11.9. The Morgan fingerprint density at radius 3 is 1.60 bits per heavy atom. The third kappa shape index (κ3) is 6.16. The van der Waals surface area contributed by atoms with Crippen molar-refractivity contribution in [2.24, 2.45) is 0 Å². The zero-order chi connectivity index (χ0) is 23.2. The molecule has 30 heavy (non-hydrogen) atoms. The molecule has 0 bridgehead atoms. The molecule has 1 saturated carbocycles. The van der Waals surface area contributed by atoms with E-state index in [4.69, 9.17) is 23.7 Å². The zero-order valence-corrected chi connectivity index (χ0v) is 17.5. The van der Waals surface area contributed by atoms with Gasteiger partial charge in [0.15, 0.2) is 18.3 Å². The quantitative estimate of drug-likeness (QED) is 0.395. The zero-order valence-electron chi connectivity index (χ0n) is 17.5. The van der Waals surface area contributed by atoms with Crippen molar-refractivity contribution < 1.29 is 52.5 Å². The van der Waals surface area contributed by atoms with Crippen LogP contribution in [0.5, 0.6) is 0 Å². The maximum absolute atomic E-state index is 11.9. The van der Waals surface area contributed by atoms with Crippen molar-refractivity contribution in [2.75, 3.05) is 6.61 Å². The normalized spacial score (nSPS) is 27.4. The molecule has 12 heteroatoms. The Hall–Kier alpha value is -3.18. The highest BCUT2D eigenvalue weighted by atomic mass is 16.7. The number of hydrogen-bond donors (Lipinski definition) is 1. The molecule has 12 nitrogen and oxygen atoms in total. The van der Waals surface area contributed by atoms with Crippen molar-refractivity contribution in [3.8, 4) is 0 Å². The van der Waals surface area contributed by atoms with Gasteiger partial charge in [0.25, 0.3) is 0 Å². The van der Waals surface area contributed by atoms with Gasteiger partial charge in [-0.3, -0.25) is 28.8 Å². The van der Waals surface area contributed by atoms with E-state index in [2.05, 4.69) is 5.32 Å². The van der Waals surface area contributed by atoms with E-state index in [1.807, 2.05) is 0 Å². The molecule has 0 aliphatic heterocycles. The largest absolute Gasteiger partial charge is 0.461 e. The lowest BCUT2D eigenvalue weighted by molar-refractivity contribution is -0.203. The summed E-state index contributed by atoms with van der Waals surface area (Å²) in [6.45, 7) is 5.72. The minimum Gasteiger partial charge on any atom is -0.461 e. The number of nitrogens with one attached hydrogen (secondary N) is 1. The molecule has 1 aliphatic carbocycles. The van der Waals surface area contributed by atoms with Crippen molar-refractivity contribution in [1.29, 1.82) is 0 Å². The number of amides is 1. The Bertz CT molecular complexity index is 690. The van der Waals surface area contributed by atoms with Crippen LogP contribution in [0.25, 0.3) is 0 Å². The first-order valence-electron chi connectivity index (χ1n) is 8.91. The molecule has 0 spiro atoms. The van der Waals surface area contributed by atoms with Gasteiger partial charge < -0.3 is 29.0 Å². The van der Waals surface area contributed by atoms with Crippen LogP contribution in [-0.4, -0.2) is 72.3 Å². The van der Waals surface area contributed by atoms with Crippen molar-refractivity contribution >= 4 is 35.8 Å². The molecule has 5 atom stereocenters. The van der Waals surface area contributed by atoms with E-state index < -0.39 is 72.3 Å². The fraction of sp³-hybridized carbons (Fsp3) is 0.667. The van der Waals surface area contributed by atoms with Gasteiger partial charge in [-0.1, -0.05) is 0 Å². The van der Waals surface area contributed by atoms with Gasteiger partial charge in [-0.2, -0.15) is 0 Å². The Morgan fingerprint density at radius 2 is 1.20 bits per heavy atom. The van der Waals surface area contributed by atoms with Crippen LogP contribution in [0.2, 0.25) is 0 Å². The summed E-state index contributed by atoms with van der Waals surface area (Å²) < 4.78 is 26.2. The highest BCUT2D eigenvalue weighted by Gasteiger charge is 2.69. The second-order valence-electron chi connectivity index (χ2n) is 6.69. The van der Waals surface area contributed by atoms with E-state index in [1.165, 1.54) is 0 Å². The summed E-state index contributed by atoms with van der Waals surface area (Å²) in [6, 6.07) is -1.39. The summed E-state index contributed by atoms with van der Waals surface area (Å²) in [5.41, 5.74) is -2.06. The summed E-state index contributed by atoms with van der Waals surface area (Å²) in [6.07, 6.45) is -4.50. The molecule has 0 aromatic heterocycles. The lowest BCUT2D eigenvalue weighted by Gasteiger charge is -2.37. The van der Waals surface area contributed by atoms with E-state index in [9.17, 15) is 28.8 Å². The number of carbonyl (C=O) groups is 6. The highest BCUT2D eigenvalue weighted by Crippen LogP contribution is 2.41. The Morgan fingerprint density at radius 1 is 0.700 bits per heavy atom. The monoisotopic (exact) mass is 431 g/mol. The first kappa shape index (κ1) is 24.9. The molecule has 168 valence electrons. The van der Waals surface area contributed by atoms with Crippen LogP contribution in [0, 0.1) is 0 Å². The van der Waals surface area contributed by atoms with E-state index in [-0.39, 0.29) is 0 Å². The van der Waals surface area contributed by atoms with Crippen LogP contribution in [0.3, 0.4) is 0 Å². The van der Waals surface area contributed by atoms with Gasteiger partial charge in [0.05, 0.1) is 0 Å². The molecule has 1 rings (SSSR count). The van der Waals surface area contributed by atoms with Crippen LogP contribution in [0.1, 0.15) is 41.5 Å². The van der Waals surface area contributed by atoms with Gasteiger partial charge in [0.2, 0.25) is 11.5 Å². The summed E-state index contributed by atoms with van der Waals surface area (Å²) in [4.78, 5) is 70.5. The number of carbonyl (C=O) groups excluding carboxylic acids is 6. The lowest BCUT2D eigenvalue weighted by Crippen LogP contribution is -2.62. The SMILES string of the molecule is CC(=O)N[C@@H]1[C@H](OC(C)=O)[C@@H](OC(C)=O)[C@H](OC(C)=O)[C@@]1(COC(C)=O)OC(C)=O. The molecule has 0 heterocycles. The summed E-state index contributed by atoms with van der Waals surface area (Å²) in [7, 11) is 0. The minimum atomic E-state index is -2.06. The van der Waals surface area contributed by atoms with E-state index in [0.29, 0.717) is 0 Å². The van der Waals surface area contributed by atoms with Crippen molar-refractivity contribution in [1.82, 2.24) is 5.32 Å². The molecule has 0 aromatic carbocycles. The van der Waals surface area contributed by atoms with E-state index in [1.54, 1.807) is 0 Å². The minimum absolute atomic E-state index is 0.637. The van der Waals surface area contributed by atoms with E-state index in [0.717, 1.165) is 41.5 Å². The third-order valence-electron chi connectivity index (χ3n) is 4.05. The van der Waals surface area contributed by atoms with Gasteiger partial charge in [0, 0.05) is 41.5 Å². The average molecular weight is 431 g/mol. The number of esters is 5. The predicted molar refractivity (Wildman–Crippen MR) is 95.4 cm³/mol. The molecule has 1 N–H and O–H groups in total. The smallest absolute Gasteiger partial charge is 0.303 e. The van der Waals surface area contributed by atoms with Crippen LogP contribution in [-0.2, 0) is 52.5 Å². The first-order chi connectivity index (χ1) is 13.8. The summed E-state index contributed by atoms with van der Waals surface area (Å²) in [5, 5.41) is 2.46. The molecule has 1 fully saturated rings. The fourth-order valence-corrected chi connectivity index (χ4v) is 3.32. The molecule has 1 amide bonds. The molecule has 0 saturated heterocycles. The molecular weight excluding hydrogens is 406 g/mol. The van der Waals surface area contributed by atoms with Gasteiger partial charge in [-0.25, -0.2) is 0 Å². The van der Waals surface area contributed by atoms with Gasteiger partial charge in [-0.15, -0.1) is 0 Å². The first-order valence-corrected chi connectivity index (χ1v) is 8.91. The standard InChI is InChI=1S/C18H25NO11/c1-8(20)19-16-14(27-10(3)22)15(28-11(4)23)17(29-12(5)24)18(16,30-13(6)25)7-26-9(2)21/h14-17H,7H2,1-6H3,(H,19,20)/t14-,15-,16-,17+,18+/m1/s1. The fourth-order valence-electron chi connectivity index (χ4n) is 3.32. The topological polar surface area (TPSA) is 161 Å². The van der Waals surface area contributed by atoms with Gasteiger partial charge in [-0.05, 0) is 0 Å². The summed E-state index contributed by atoms with van der Waals surface area (Å²) in [5.74, 6) is -4.81.